The first-order valence-electron chi connectivity index (χ1n) is 11.0. The number of benzene rings is 2. The highest BCUT2D eigenvalue weighted by atomic mass is 35.5. The lowest BCUT2D eigenvalue weighted by Crippen LogP contribution is -2.34. The number of aromatic nitrogens is 3. The molecule has 0 fully saturated rings. The van der Waals surface area contributed by atoms with Gasteiger partial charge in [0.05, 0.1) is 29.5 Å². The number of hydrogen-bond donors (Lipinski definition) is 2. The summed E-state index contributed by atoms with van der Waals surface area (Å²) in [7, 11) is 1.57. The van der Waals surface area contributed by atoms with Gasteiger partial charge in [0, 0.05) is 18.3 Å². The summed E-state index contributed by atoms with van der Waals surface area (Å²) in [6, 6.07) is 13.6. The first-order chi connectivity index (χ1) is 16.8. The van der Waals surface area contributed by atoms with Crippen LogP contribution in [0.1, 0.15) is 36.1 Å². The van der Waals surface area contributed by atoms with Gasteiger partial charge in [-0.2, -0.15) is 0 Å². The summed E-state index contributed by atoms with van der Waals surface area (Å²) in [4.78, 5) is 25.4. The molecule has 1 aromatic heterocycles. The molecular formula is C25H28ClN5O3S. The molecule has 0 aliphatic heterocycles. The number of nitrogens with zero attached hydrogens (tertiary/aromatic N) is 3. The van der Waals surface area contributed by atoms with Crippen LogP contribution in [0.25, 0.3) is 0 Å². The topological polar surface area (TPSA) is 98.1 Å². The number of nitrogens with one attached hydrogen (secondary N) is 2. The fraction of sp³-hybridized carbons (Fsp3) is 0.280. The van der Waals surface area contributed by atoms with E-state index in [-0.39, 0.29) is 23.5 Å². The van der Waals surface area contributed by atoms with Gasteiger partial charge < -0.3 is 19.9 Å². The van der Waals surface area contributed by atoms with Crippen LogP contribution in [-0.2, 0) is 11.3 Å². The molecule has 35 heavy (non-hydrogen) atoms. The van der Waals surface area contributed by atoms with Gasteiger partial charge in [-0.05, 0) is 30.2 Å². The molecule has 2 N–H and O–H groups in total. The highest BCUT2D eigenvalue weighted by molar-refractivity contribution is 7.99. The molecule has 0 aliphatic carbocycles. The zero-order chi connectivity index (χ0) is 25.4. The maximum absolute atomic E-state index is 12.9. The van der Waals surface area contributed by atoms with Crippen LogP contribution in [0.5, 0.6) is 5.75 Å². The summed E-state index contributed by atoms with van der Waals surface area (Å²) in [5, 5.41) is 15.5. The molecule has 0 saturated carbocycles. The number of rotatable bonds is 11. The predicted molar refractivity (Wildman–Crippen MR) is 139 cm³/mol. The van der Waals surface area contributed by atoms with Crippen LogP contribution in [0, 0.1) is 5.92 Å². The number of carbonyl (C=O) groups is 2. The average Bonchev–Trinajstić information content (AvgIpc) is 3.23. The van der Waals surface area contributed by atoms with Crippen molar-refractivity contribution in [3.05, 3.63) is 77.6 Å². The smallest absolute Gasteiger partial charge is 0.253 e. The van der Waals surface area contributed by atoms with E-state index in [1.165, 1.54) is 11.8 Å². The second kappa shape index (κ2) is 12.4. The van der Waals surface area contributed by atoms with E-state index in [0.29, 0.717) is 39.5 Å². The molecule has 3 rings (SSSR count). The zero-order valence-electron chi connectivity index (χ0n) is 19.8. The van der Waals surface area contributed by atoms with Crippen molar-refractivity contribution in [1.82, 2.24) is 20.1 Å². The molecule has 3 aromatic rings. The van der Waals surface area contributed by atoms with Crippen molar-refractivity contribution in [2.24, 2.45) is 5.92 Å². The Labute approximate surface area is 214 Å². The fourth-order valence-corrected chi connectivity index (χ4v) is 4.34. The third-order valence-corrected chi connectivity index (χ3v) is 6.39. The molecule has 0 spiro atoms. The van der Waals surface area contributed by atoms with Crippen molar-refractivity contribution < 1.29 is 14.3 Å². The van der Waals surface area contributed by atoms with Gasteiger partial charge in [-0.15, -0.1) is 16.8 Å². The molecule has 0 aliphatic rings. The fourth-order valence-electron chi connectivity index (χ4n) is 3.36. The zero-order valence-corrected chi connectivity index (χ0v) is 21.4. The summed E-state index contributed by atoms with van der Waals surface area (Å²) in [6.45, 7) is 8.22. The Morgan fingerprint density at radius 2 is 1.97 bits per heavy atom. The summed E-state index contributed by atoms with van der Waals surface area (Å²) in [6.07, 6.45) is 1.72. The van der Waals surface area contributed by atoms with Crippen molar-refractivity contribution in [2.75, 3.05) is 18.2 Å². The van der Waals surface area contributed by atoms with Crippen LogP contribution in [0.4, 0.5) is 5.69 Å². The maximum atomic E-state index is 12.9. The quantitative estimate of drug-likeness (QED) is 0.277. The van der Waals surface area contributed by atoms with Gasteiger partial charge in [0.2, 0.25) is 5.91 Å². The van der Waals surface area contributed by atoms with Crippen molar-refractivity contribution in [3.8, 4) is 5.75 Å². The number of methoxy groups -OCH3 is 1. The highest BCUT2D eigenvalue weighted by Gasteiger charge is 2.27. The van der Waals surface area contributed by atoms with Crippen LogP contribution in [0.3, 0.4) is 0 Å². The summed E-state index contributed by atoms with van der Waals surface area (Å²) in [5.41, 5.74) is 1.03. The lowest BCUT2D eigenvalue weighted by atomic mass is 10.0. The van der Waals surface area contributed by atoms with E-state index in [9.17, 15) is 9.59 Å². The van der Waals surface area contributed by atoms with Crippen molar-refractivity contribution in [3.63, 3.8) is 0 Å². The Morgan fingerprint density at radius 3 is 2.66 bits per heavy atom. The number of anilines is 1. The second-order valence-electron chi connectivity index (χ2n) is 7.98. The van der Waals surface area contributed by atoms with Gasteiger partial charge in [0.1, 0.15) is 5.75 Å². The monoisotopic (exact) mass is 513 g/mol. The minimum atomic E-state index is -0.425. The molecule has 10 heteroatoms. The number of allylic oxidation sites excluding steroid dienone is 1. The highest BCUT2D eigenvalue weighted by Crippen LogP contribution is 2.27. The van der Waals surface area contributed by atoms with E-state index < -0.39 is 6.04 Å². The molecule has 2 aromatic carbocycles. The number of amides is 2. The number of ether oxygens (including phenoxy) is 1. The van der Waals surface area contributed by atoms with Crippen LogP contribution >= 0.6 is 23.4 Å². The number of halogens is 1. The molecule has 1 heterocycles. The number of thioether (sulfide) groups is 1. The van der Waals surface area contributed by atoms with Gasteiger partial charge in [-0.1, -0.05) is 61.5 Å². The Kier molecular flexibility index (Phi) is 9.33. The predicted octanol–water partition coefficient (Wildman–Crippen LogP) is 4.98. The molecule has 0 radical (unpaired) electrons. The SMILES string of the molecule is C=CCn1c(SCC(=O)Nc2cccc(OC)c2)nnc1C(NC(=O)c1ccccc1Cl)C(C)C. The lowest BCUT2D eigenvalue weighted by Gasteiger charge is -2.23. The van der Waals surface area contributed by atoms with Crippen molar-refractivity contribution in [2.45, 2.75) is 31.6 Å². The van der Waals surface area contributed by atoms with E-state index in [1.54, 1.807) is 61.7 Å². The minimum Gasteiger partial charge on any atom is -0.497 e. The molecule has 1 atom stereocenters. The maximum Gasteiger partial charge on any atom is 0.253 e. The van der Waals surface area contributed by atoms with E-state index in [4.69, 9.17) is 16.3 Å². The summed E-state index contributed by atoms with van der Waals surface area (Å²) < 4.78 is 7.05. The summed E-state index contributed by atoms with van der Waals surface area (Å²) in [5.74, 6) is 0.897. The minimum absolute atomic E-state index is 0.0170. The van der Waals surface area contributed by atoms with Gasteiger partial charge in [-0.3, -0.25) is 9.59 Å². The number of carbonyl (C=O) groups excluding carboxylic acids is 2. The molecule has 8 nitrogen and oxygen atoms in total. The standard InChI is InChI=1S/C25H28ClN5O3S/c1-5-13-31-23(22(16(2)3)28-24(33)19-11-6-7-12-20(19)26)29-30-25(31)35-15-21(32)27-17-9-8-10-18(14-17)34-4/h5-12,14,16,22H,1,13,15H2,2-4H3,(H,27,32)(H,28,33). The molecule has 0 bridgehead atoms. The normalized spacial score (nSPS) is 11.7. The first-order valence-corrected chi connectivity index (χ1v) is 12.4. The molecule has 1 unspecified atom stereocenters. The van der Waals surface area contributed by atoms with E-state index in [1.807, 2.05) is 18.4 Å². The van der Waals surface area contributed by atoms with Crippen LogP contribution < -0.4 is 15.4 Å². The summed E-state index contributed by atoms with van der Waals surface area (Å²) >= 11 is 7.46. The molecule has 2 amide bonds. The third kappa shape index (κ3) is 6.86. The van der Waals surface area contributed by atoms with E-state index in [2.05, 4.69) is 27.4 Å². The molecule has 0 saturated heterocycles. The number of hydrogen-bond acceptors (Lipinski definition) is 6. The Hall–Kier alpha value is -3.30. The van der Waals surface area contributed by atoms with Gasteiger partial charge >= 0.3 is 0 Å². The average molecular weight is 514 g/mol. The first kappa shape index (κ1) is 26.3. The van der Waals surface area contributed by atoms with Gasteiger partial charge in [0.25, 0.3) is 5.91 Å². The van der Waals surface area contributed by atoms with Crippen molar-refractivity contribution in [1.29, 1.82) is 0 Å². The molecule has 184 valence electrons. The lowest BCUT2D eigenvalue weighted by molar-refractivity contribution is -0.113. The van der Waals surface area contributed by atoms with Crippen LogP contribution in [0.15, 0.2) is 66.3 Å². The van der Waals surface area contributed by atoms with Crippen LogP contribution in [-0.4, -0.2) is 39.4 Å². The Morgan fingerprint density at radius 1 is 1.20 bits per heavy atom. The second-order valence-corrected chi connectivity index (χ2v) is 9.33. The van der Waals surface area contributed by atoms with E-state index in [0.717, 1.165) is 0 Å². The van der Waals surface area contributed by atoms with Crippen LogP contribution in [0.2, 0.25) is 5.02 Å². The Bertz CT molecular complexity index is 1200. The molecular weight excluding hydrogens is 486 g/mol. The third-order valence-electron chi connectivity index (χ3n) is 5.09. The van der Waals surface area contributed by atoms with E-state index >= 15 is 0 Å². The van der Waals surface area contributed by atoms with Gasteiger partial charge in [0.15, 0.2) is 11.0 Å². The largest absolute Gasteiger partial charge is 0.497 e. The Balaban J connectivity index is 1.75. The van der Waals surface area contributed by atoms with Crippen molar-refractivity contribution >= 4 is 40.9 Å². The van der Waals surface area contributed by atoms with Gasteiger partial charge in [-0.25, -0.2) is 0 Å².